The van der Waals surface area contributed by atoms with Crippen molar-refractivity contribution in [2.24, 2.45) is 0 Å². The molecule has 0 aliphatic carbocycles. The van der Waals surface area contributed by atoms with Gasteiger partial charge in [-0.15, -0.1) is 0 Å². The first kappa shape index (κ1) is 12.2. The predicted octanol–water partition coefficient (Wildman–Crippen LogP) is 2.26. The summed E-state index contributed by atoms with van der Waals surface area (Å²) in [5.41, 5.74) is 1.57. The minimum atomic E-state index is -0.341. The van der Waals surface area contributed by atoms with Crippen molar-refractivity contribution in [3.8, 4) is 11.3 Å². The molecule has 2 aromatic heterocycles. The van der Waals surface area contributed by atoms with Crippen LogP contribution in [-0.2, 0) is 6.54 Å². The molecule has 0 spiro atoms. The van der Waals surface area contributed by atoms with Crippen LogP contribution in [0.2, 0.25) is 0 Å². The lowest BCUT2D eigenvalue weighted by Crippen LogP contribution is -2.22. The number of benzene rings is 1. The number of nitrogens with one attached hydrogen (secondary N) is 1. The van der Waals surface area contributed by atoms with Crippen LogP contribution in [-0.4, -0.2) is 16.2 Å². The van der Waals surface area contributed by atoms with Crippen molar-refractivity contribution in [3.05, 3.63) is 60.1 Å². The van der Waals surface area contributed by atoms with Gasteiger partial charge in [-0.3, -0.25) is 4.79 Å². The molecular weight excluding hydrogens is 258 g/mol. The highest BCUT2D eigenvalue weighted by atomic mass is 16.5. The van der Waals surface area contributed by atoms with Gasteiger partial charge in [0.2, 0.25) is 5.76 Å². The highest BCUT2D eigenvalue weighted by Gasteiger charge is 2.11. The van der Waals surface area contributed by atoms with Crippen LogP contribution in [0.25, 0.3) is 11.3 Å². The Balaban J connectivity index is 1.65. The van der Waals surface area contributed by atoms with Crippen LogP contribution in [0.1, 0.15) is 16.2 Å². The third-order valence-corrected chi connectivity index (χ3v) is 2.71. The standard InChI is InChI=1S/C14H11N3O3/c18-14(12-6-7-16-19-12)15-9-11-8-13(20-17-11)10-4-2-1-3-5-10/h1-8H,9H2,(H,15,18). The molecule has 0 unspecified atom stereocenters. The van der Waals surface area contributed by atoms with Gasteiger partial charge >= 0.3 is 0 Å². The molecule has 0 saturated heterocycles. The van der Waals surface area contributed by atoms with Crippen molar-refractivity contribution in [1.82, 2.24) is 15.6 Å². The number of hydrogen-bond donors (Lipinski definition) is 1. The molecule has 0 atom stereocenters. The van der Waals surface area contributed by atoms with E-state index in [0.717, 1.165) is 5.56 Å². The van der Waals surface area contributed by atoms with Crippen molar-refractivity contribution in [3.63, 3.8) is 0 Å². The van der Waals surface area contributed by atoms with Gasteiger partial charge < -0.3 is 14.4 Å². The second-order valence-electron chi connectivity index (χ2n) is 4.11. The SMILES string of the molecule is O=C(NCc1cc(-c2ccccc2)on1)c1ccno1. The summed E-state index contributed by atoms with van der Waals surface area (Å²) in [7, 11) is 0. The minimum absolute atomic E-state index is 0.164. The van der Waals surface area contributed by atoms with Crippen molar-refractivity contribution in [2.75, 3.05) is 0 Å². The van der Waals surface area contributed by atoms with Crippen LogP contribution in [0.15, 0.2) is 57.7 Å². The smallest absolute Gasteiger partial charge is 0.290 e. The number of hydrogen-bond acceptors (Lipinski definition) is 5. The predicted molar refractivity (Wildman–Crippen MR) is 69.6 cm³/mol. The number of rotatable bonds is 4. The summed E-state index contributed by atoms with van der Waals surface area (Å²) < 4.78 is 9.99. The average molecular weight is 269 g/mol. The zero-order valence-electron chi connectivity index (χ0n) is 10.4. The molecule has 0 aliphatic heterocycles. The zero-order chi connectivity index (χ0) is 13.8. The first-order chi connectivity index (χ1) is 9.83. The number of aromatic nitrogens is 2. The van der Waals surface area contributed by atoms with Gasteiger partial charge in [0.25, 0.3) is 5.91 Å². The maximum absolute atomic E-state index is 11.7. The fourth-order valence-corrected chi connectivity index (χ4v) is 1.72. The van der Waals surface area contributed by atoms with Crippen LogP contribution >= 0.6 is 0 Å². The maximum Gasteiger partial charge on any atom is 0.290 e. The lowest BCUT2D eigenvalue weighted by Gasteiger charge is -1.97. The lowest BCUT2D eigenvalue weighted by molar-refractivity contribution is 0.0913. The molecule has 100 valence electrons. The quantitative estimate of drug-likeness (QED) is 0.785. The Kier molecular flexibility index (Phi) is 3.28. The first-order valence-corrected chi connectivity index (χ1v) is 6.03. The second kappa shape index (κ2) is 5.40. The minimum Gasteiger partial charge on any atom is -0.356 e. The molecule has 2 heterocycles. The van der Waals surface area contributed by atoms with E-state index in [0.29, 0.717) is 11.5 Å². The van der Waals surface area contributed by atoms with Crippen molar-refractivity contribution >= 4 is 5.91 Å². The molecule has 3 rings (SSSR count). The van der Waals surface area contributed by atoms with Crippen molar-refractivity contribution in [2.45, 2.75) is 6.54 Å². The Bertz CT molecular complexity index is 690. The number of carbonyl (C=O) groups is 1. The van der Waals surface area contributed by atoms with Gasteiger partial charge in [-0.1, -0.05) is 40.6 Å². The van der Waals surface area contributed by atoms with E-state index >= 15 is 0 Å². The fraction of sp³-hybridized carbons (Fsp3) is 0.0714. The van der Waals surface area contributed by atoms with Crippen LogP contribution in [0.5, 0.6) is 0 Å². The highest BCUT2D eigenvalue weighted by Crippen LogP contribution is 2.19. The number of amides is 1. The van der Waals surface area contributed by atoms with Gasteiger partial charge in [-0.25, -0.2) is 0 Å². The van der Waals surface area contributed by atoms with Crippen LogP contribution in [0.4, 0.5) is 0 Å². The summed E-state index contributed by atoms with van der Waals surface area (Å²) in [6.07, 6.45) is 1.42. The summed E-state index contributed by atoms with van der Waals surface area (Å²) >= 11 is 0. The van der Waals surface area contributed by atoms with Crippen molar-refractivity contribution < 1.29 is 13.8 Å². The topological polar surface area (TPSA) is 81.2 Å². The molecule has 0 saturated carbocycles. The van der Waals surface area contributed by atoms with Crippen LogP contribution < -0.4 is 5.32 Å². The fourth-order valence-electron chi connectivity index (χ4n) is 1.72. The molecule has 6 heteroatoms. The van der Waals surface area contributed by atoms with E-state index in [1.54, 1.807) is 6.07 Å². The number of carbonyl (C=O) groups excluding carboxylic acids is 1. The van der Waals surface area contributed by atoms with E-state index in [2.05, 4.69) is 15.6 Å². The zero-order valence-corrected chi connectivity index (χ0v) is 10.4. The Hall–Kier alpha value is -2.89. The van der Waals surface area contributed by atoms with E-state index in [1.165, 1.54) is 12.3 Å². The summed E-state index contributed by atoms with van der Waals surface area (Å²) in [5.74, 6) is 0.484. The van der Waals surface area contributed by atoms with Gasteiger partial charge in [0.1, 0.15) is 5.69 Å². The average Bonchev–Trinajstić information content (AvgIpc) is 3.17. The molecule has 0 aliphatic rings. The van der Waals surface area contributed by atoms with Gasteiger partial charge in [-0.2, -0.15) is 0 Å². The second-order valence-corrected chi connectivity index (χ2v) is 4.11. The maximum atomic E-state index is 11.7. The molecule has 0 fully saturated rings. The Morgan fingerprint density at radius 2 is 2.00 bits per heavy atom. The number of nitrogens with zero attached hydrogens (tertiary/aromatic N) is 2. The highest BCUT2D eigenvalue weighted by molar-refractivity contribution is 5.91. The van der Waals surface area contributed by atoms with E-state index in [9.17, 15) is 4.79 Å². The summed E-state index contributed by atoms with van der Waals surface area (Å²) in [6.45, 7) is 0.260. The summed E-state index contributed by atoms with van der Waals surface area (Å²) in [5, 5.41) is 10.1. The Labute approximate surface area is 114 Å². The molecule has 20 heavy (non-hydrogen) atoms. The van der Waals surface area contributed by atoms with Gasteiger partial charge in [0, 0.05) is 17.7 Å². The molecular formula is C14H11N3O3. The molecule has 0 radical (unpaired) electrons. The van der Waals surface area contributed by atoms with Crippen molar-refractivity contribution in [1.29, 1.82) is 0 Å². The molecule has 3 aromatic rings. The van der Waals surface area contributed by atoms with E-state index in [1.807, 2.05) is 30.3 Å². The Morgan fingerprint density at radius 1 is 1.15 bits per heavy atom. The first-order valence-electron chi connectivity index (χ1n) is 6.03. The van der Waals surface area contributed by atoms with E-state index < -0.39 is 0 Å². The normalized spacial score (nSPS) is 10.4. The van der Waals surface area contributed by atoms with Gasteiger partial charge in [0.15, 0.2) is 5.76 Å². The summed E-state index contributed by atoms with van der Waals surface area (Å²) in [4.78, 5) is 11.7. The molecule has 6 nitrogen and oxygen atoms in total. The van der Waals surface area contributed by atoms with Gasteiger partial charge in [-0.05, 0) is 0 Å². The molecule has 1 amide bonds. The van der Waals surface area contributed by atoms with Crippen LogP contribution in [0.3, 0.4) is 0 Å². The van der Waals surface area contributed by atoms with Crippen LogP contribution in [0, 0.1) is 0 Å². The largest absolute Gasteiger partial charge is 0.356 e. The molecule has 1 N–H and O–H groups in total. The monoisotopic (exact) mass is 269 g/mol. The van der Waals surface area contributed by atoms with Gasteiger partial charge in [0.05, 0.1) is 12.7 Å². The lowest BCUT2D eigenvalue weighted by atomic mass is 10.2. The van der Waals surface area contributed by atoms with E-state index in [4.69, 9.17) is 9.05 Å². The molecule has 0 bridgehead atoms. The third kappa shape index (κ3) is 2.59. The summed E-state index contributed by atoms with van der Waals surface area (Å²) in [6, 6.07) is 12.9. The Morgan fingerprint density at radius 3 is 2.75 bits per heavy atom. The third-order valence-electron chi connectivity index (χ3n) is 2.71. The molecule has 1 aromatic carbocycles. The van der Waals surface area contributed by atoms with E-state index in [-0.39, 0.29) is 18.2 Å².